The zero-order valence-corrected chi connectivity index (χ0v) is 11.3. The van der Waals surface area contributed by atoms with Gasteiger partial charge in [-0.15, -0.1) is 0 Å². The van der Waals surface area contributed by atoms with Gasteiger partial charge in [0, 0.05) is 0 Å². The van der Waals surface area contributed by atoms with Crippen molar-refractivity contribution in [3.63, 3.8) is 0 Å². The summed E-state index contributed by atoms with van der Waals surface area (Å²) in [7, 11) is 0. The molecule has 4 heteroatoms. The van der Waals surface area contributed by atoms with Crippen molar-refractivity contribution in [2.75, 3.05) is 13.2 Å². The summed E-state index contributed by atoms with van der Waals surface area (Å²) in [4.78, 5) is 22.1. The molecular weight excluding hydrogens is 232 g/mol. The summed E-state index contributed by atoms with van der Waals surface area (Å²) in [6.45, 7) is 5.89. The van der Waals surface area contributed by atoms with Crippen LogP contribution in [0.15, 0.2) is 12.7 Å². The fraction of sp³-hybridized carbons (Fsp3) is 0.714. The van der Waals surface area contributed by atoms with Gasteiger partial charge in [-0.1, -0.05) is 58.1 Å². The molecule has 0 aromatic heterocycles. The van der Waals surface area contributed by atoms with Crippen molar-refractivity contribution in [1.82, 2.24) is 0 Å². The SMILES string of the molecule is C=CCOC(=O)C(=O)OCCCCCCCCC. The van der Waals surface area contributed by atoms with E-state index in [0.717, 1.165) is 19.3 Å². The van der Waals surface area contributed by atoms with Gasteiger partial charge in [-0.05, 0) is 6.42 Å². The fourth-order valence-electron chi connectivity index (χ4n) is 1.48. The van der Waals surface area contributed by atoms with Crippen LogP contribution in [0.3, 0.4) is 0 Å². The maximum absolute atomic E-state index is 11.1. The molecule has 0 aromatic rings. The Bertz CT molecular complexity index is 248. The van der Waals surface area contributed by atoms with E-state index in [2.05, 4.69) is 18.2 Å². The highest BCUT2D eigenvalue weighted by molar-refractivity contribution is 6.29. The number of carbonyl (C=O) groups excluding carboxylic acids is 2. The highest BCUT2D eigenvalue weighted by Crippen LogP contribution is 2.06. The quantitative estimate of drug-likeness (QED) is 0.261. The summed E-state index contributed by atoms with van der Waals surface area (Å²) in [5, 5.41) is 0. The van der Waals surface area contributed by atoms with Crippen LogP contribution in [-0.4, -0.2) is 25.2 Å². The van der Waals surface area contributed by atoms with Crippen molar-refractivity contribution in [3.8, 4) is 0 Å². The van der Waals surface area contributed by atoms with E-state index in [4.69, 9.17) is 4.74 Å². The summed E-state index contributed by atoms with van der Waals surface area (Å²) in [6.07, 6.45) is 9.40. The summed E-state index contributed by atoms with van der Waals surface area (Å²) in [5.74, 6) is -1.86. The van der Waals surface area contributed by atoms with E-state index in [1.165, 1.54) is 31.8 Å². The lowest BCUT2D eigenvalue weighted by Gasteiger charge is -2.04. The third kappa shape index (κ3) is 9.87. The number of hydrogen-bond acceptors (Lipinski definition) is 4. The van der Waals surface area contributed by atoms with Crippen LogP contribution in [0.5, 0.6) is 0 Å². The van der Waals surface area contributed by atoms with Gasteiger partial charge in [-0.25, -0.2) is 9.59 Å². The molecule has 0 heterocycles. The maximum Gasteiger partial charge on any atom is 0.417 e. The molecule has 0 fully saturated rings. The number of unbranched alkanes of at least 4 members (excludes halogenated alkanes) is 6. The molecule has 0 amide bonds. The molecule has 18 heavy (non-hydrogen) atoms. The molecule has 0 radical (unpaired) electrons. The molecule has 0 aromatic carbocycles. The first-order chi connectivity index (χ1) is 8.72. The minimum Gasteiger partial charge on any atom is -0.457 e. The third-order valence-corrected chi connectivity index (χ3v) is 2.48. The molecule has 0 saturated heterocycles. The van der Waals surface area contributed by atoms with Crippen molar-refractivity contribution in [3.05, 3.63) is 12.7 Å². The lowest BCUT2D eigenvalue weighted by atomic mass is 10.1. The zero-order chi connectivity index (χ0) is 13.6. The molecule has 0 unspecified atom stereocenters. The second kappa shape index (κ2) is 12.1. The molecule has 0 bridgehead atoms. The zero-order valence-electron chi connectivity index (χ0n) is 11.3. The Morgan fingerprint density at radius 3 is 2.11 bits per heavy atom. The molecule has 0 atom stereocenters. The van der Waals surface area contributed by atoms with Crippen molar-refractivity contribution < 1.29 is 19.1 Å². The van der Waals surface area contributed by atoms with E-state index in [9.17, 15) is 9.59 Å². The fourth-order valence-corrected chi connectivity index (χ4v) is 1.48. The van der Waals surface area contributed by atoms with Gasteiger partial charge in [0.25, 0.3) is 0 Å². The third-order valence-electron chi connectivity index (χ3n) is 2.48. The summed E-state index contributed by atoms with van der Waals surface area (Å²) >= 11 is 0. The Balaban J connectivity index is 3.34. The molecule has 0 aliphatic carbocycles. The van der Waals surface area contributed by atoms with E-state index in [1.807, 2.05) is 0 Å². The van der Waals surface area contributed by atoms with Crippen molar-refractivity contribution in [2.24, 2.45) is 0 Å². The molecular formula is C14H24O4. The van der Waals surface area contributed by atoms with E-state index in [-0.39, 0.29) is 13.2 Å². The van der Waals surface area contributed by atoms with Gasteiger partial charge in [0.05, 0.1) is 6.61 Å². The number of rotatable bonds is 10. The highest BCUT2D eigenvalue weighted by Gasteiger charge is 2.15. The van der Waals surface area contributed by atoms with Crippen LogP contribution in [0.25, 0.3) is 0 Å². The lowest BCUT2D eigenvalue weighted by Crippen LogP contribution is -2.20. The second-order valence-electron chi connectivity index (χ2n) is 4.14. The number of ether oxygens (including phenoxy) is 2. The standard InChI is InChI=1S/C14H24O4/c1-3-5-6-7-8-9-10-12-18-14(16)13(15)17-11-4-2/h4H,2-3,5-12H2,1H3. The van der Waals surface area contributed by atoms with Crippen LogP contribution in [0, 0.1) is 0 Å². The first-order valence-corrected chi connectivity index (χ1v) is 6.67. The summed E-state index contributed by atoms with van der Waals surface area (Å²) in [5.41, 5.74) is 0. The van der Waals surface area contributed by atoms with E-state index >= 15 is 0 Å². The van der Waals surface area contributed by atoms with E-state index < -0.39 is 11.9 Å². The second-order valence-corrected chi connectivity index (χ2v) is 4.14. The molecule has 0 spiro atoms. The minimum atomic E-state index is -0.946. The van der Waals surface area contributed by atoms with Crippen molar-refractivity contribution in [1.29, 1.82) is 0 Å². The first-order valence-electron chi connectivity index (χ1n) is 6.67. The summed E-state index contributed by atoms with van der Waals surface area (Å²) < 4.78 is 9.32. The molecule has 104 valence electrons. The average molecular weight is 256 g/mol. The van der Waals surface area contributed by atoms with Gasteiger partial charge in [-0.2, -0.15) is 0 Å². The Kier molecular flexibility index (Phi) is 11.3. The Morgan fingerprint density at radius 2 is 1.50 bits per heavy atom. The topological polar surface area (TPSA) is 52.6 Å². The molecule has 0 rings (SSSR count). The monoisotopic (exact) mass is 256 g/mol. The van der Waals surface area contributed by atoms with Crippen LogP contribution >= 0.6 is 0 Å². The van der Waals surface area contributed by atoms with Crippen LogP contribution in [0.4, 0.5) is 0 Å². The van der Waals surface area contributed by atoms with Crippen molar-refractivity contribution >= 4 is 11.9 Å². The molecule has 0 aliphatic rings. The van der Waals surface area contributed by atoms with Crippen LogP contribution in [-0.2, 0) is 19.1 Å². The summed E-state index contributed by atoms with van der Waals surface area (Å²) in [6, 6.07) is 0. The first kappa shape index (κ1) is 16.7. The predicted octanol–water partition coefficient (Wildman–Crippen LogP) is 3.01. The lowest BCUT2D eigenvalue weighted by molar-refractivity contribution is -0.167. The number of esters is 2. The maximum atomic E-state index is 11.1. The molecule has 4 nitrogen and oxygen atoms in total. The van der Waals surface area contributed by atoms with Gasteiger partial charge < -0.3 is 9.47 Å². The Morgan fingerprint density at radius 1 is 0.944 bits per heavy atom. The molecule has 0 N–H and O–H groups in total. The normalized spacial score (nSPS) is 9.83. The number of carbonyl (C=O) groups is 2. The van der Waals surface area contributed by atoms with Gasteiger partial charge in [-0.3, -0.25) is 0 Å². The predicted molar refractivity (Wildman–Crippen MR) is 70.1 cm³/mol. The average Bonchev–Trinajstić information content (AvgIpc) is 2.38. The Hall–Kier alpha value is -1.32. The smallest absolute Gasteiger partial charge is 0.417 e. The van der Waals surface area contributed by atoms with Gasteiger partial charge in [0.2, 0.25) is 0 Å². The van der Waals surface area contributed by atoms with Crippen molar-refractivity contribution in [2.45, 2.75) is 51.9 Å². The molecule has 0 aliphatic heterocycles. The van der Waals surface area contributed by atoms with Crippen LogP contribution < -0.4 is 0 Å². The van der Waals surface area contributed by atoms with Crippen LogP contribution in [0.2, 0.25) is 0 Å². The Labute approximate surface area is 109 Å². The van der Waals surface area contributed by atoms with Gasteiger partial charge >= 0.3 is 11.9 Å². The van der Waals surface area contributed by atoms with Gasteiger partial charge in [0.15, 0.2) is 0 Å². The van der Waals surface area contributed by atoms with Crippen LogP contribution in [0.1, 0.15) is 51.9 Å². The highest BCUT2D eigenvalue weighted by atomic mass is 16.6. The van der Waals surface area contributed by atoms with Gasteiger partial charge in [0.1, 0.15) is 6.61 Å². The van der Waals surface area contributed by atoms with E-state index in [1.54, 1.807) is 0 Å². The van der Waals surface area contributed by atoms with E-state index in [0.29, 0.717) is 0 Å². The molecule has 0 saturated carbocycles. The minimum absolute atomic E-state index is 0.0331. The largest absolute Gasteiger partial charge is 0.457 e. The number of hydrogen-bond donors (Lipinski definition) is 0.